The number of benzene rings is 2. The summed E-state index contributed by atoms with van der Waals surface area (Å²) in [5.41, 5.74) is 3.68. The molecule has 0 fully saturated rings. The number of hydrazone groups is 1. The van der Waals surface area contributed by atoms with E-state index in [1.54, 1.807) is 36.4 Å². The second kappa shape index (κ2) is 12.0. The molecule has 0 spiro atoms. The summed E-state index contributed by atoms with van der Waals surface area (Å²) in [5, 5.41) is 16.6. The molecule has 0 atom stereocenters. The predicted molar refractivity (Wildman–Crippen MR) is 123 cm³/mol. The first kappa shape index (κ1) is 23.5. The summed E-state index contributed by atoms with van der Waals surface area (Å²) in [4.78, 5) is 23.9. The van der Waals surface area contributed by atoms with Gasteiger partial charge in [0.15, 0.2) is 11.5 Å². The van der Waals surface area contributed by atoms with E-state index < -0.39 is 0 Å². The predicted octanol–water partition coefficient (Wildman–Crippen LogP) is 3.66. The molecule has 0 bridgehead atoms. The molecule has 9 heteroatoms. The Hall–Kier alpha value is -2.82. The zero-order chi connectivity index (χ0) is 21.9. The Morgan fingerprint density at radius 3 is 2.40 bits per heavy atom. The molecular weight excluding hydrogens is 501 g/mol. The molecule has 8 nitrogen and oxygen atoms in total. The first-order valence-electron chi connectivity index (χ1n) is 9.42. The van der Waals surface area contributed by atoms with Gasteiger partial charge in [-0.15, -0.1) is 0 Å². The average molecular weight is 525 g/mol. The van der Waals surface area contributed by atoms with Gasteiger partial charge in [-0.3, -0.25) is 9.59 Å². The van der Waals surface area contributed by atoms with E-state index in [1.807, 2.05) is 36.4 Å². The van der Waals surface area contributed by atoms with Crippen LogP contribution in [-0.4, -0.2) is 36.3 Å². The van der Waals surface area contributed by atoms with Crippen molar-refractivity contribution in [2.24, 2.45) is 5.10 Å². The third-order valence-electron chi connectivity index (χ3n) is 3.78. The number of hydrogen-bond donors (Lipinski definition) is 3. The maximum absolute atomic E-state index is 12.0. The number of amides is 2. The van der Waals surface area contributed by atoms with Crippen molar-refractivity contribution in [3.63, 3.8) is 0 Å². The van der Waals surface area contributed by atoms with Crippen molar-refractivity contribution in [2.75, 3.05) is 18.5 Å². The minimum absolute atomic E-state index is 0.00247. The Kier molecular flexibility index (Phi) is 9.39. The highest BCUT2D eigenvalue weighted by molar-refractivity contribution is 14.1. The normalized spacial score (nSPS) is 10.6. The van der Waals surface area contributed by atoms with Crippen LogP contribution < -0.4 is 20.2 Å². The molecule has 0 heterocycles. The van der Waals surface area contributed by atoms with E-state index in [1.165, 1.54) is 6.21 Å². The molecule has 0 aromatic heterocycles. The molecule has 2 aromatic carbocycles. The van der Waals surface area contributed by atoms with Crippen molar-refractivity contribution in [3.05, 3.63) is 45.5 Å². The average Bonchev–Trinajstić information content (AvgIpc) is 2.72. The van der Waals surface area contributed by atoms with E-state index in [0.717, 1.165) is 5.75 Å². The van der Waals surface area contributed by atoms with Crippen LogP contribution in [-0.2, 0) is 9.59 Å². The van der Waals surface area contributed by atoms with Gasteiger partial charge in [0.05, 0.1) is 23.0 Å². The van der Waals surface area contributed by atoms with Gasteiger partial charge in [0, 0.05) is 18.5 Å². The molecule has 2 rings (SSSR count). The molecule has 160 valence electrons. The van der Waals surface area contributed by atoms with E-state index in [4.69, 9.17) is 9.47 Å². The van der Waals surface area contributed by atoms with Gasteiger partial charge in [0.1, 0.15) is 5.75 Å². The summed E-state index contributed by atoms with van der Waals surface area (Å²) < 4.78 is 11.3. The molecular formula is C21H24IN3O5. The number of nitrogens with one attached hydrogen (secondary N) is 2. The SMILES string of the molecule is CCOc1ccc(NC(=O)CCC(=O)NN=Cc2cc(I)c(O)c(OCC)c2)cc1. The van der Waals surface area contributed by atoms with Crippen LogP contribution in [0.25, 0.3) is 0 Å². The molecule has 0 saturated carbocycles. The van der Waals surface area contributed by atoms with Crippen molar-refractivity contribution in [3.8, 4) is 17.2 Å². The second-order valence-electron chi connectivity index (χ2n) is 6.08. The van der Waals surface area contributed by atoms with Crippen LogP contribution in [0.4, 0.5) is 5.69 Å². The Labute approximate surface area is 188 Å². The molecule has 0 aliphatic heterocycles. The van der Waals surface area contributed by atoms with E-state index in [0.29, 0.717) is 33.8 Å². The monoisotopic (exact) mass is 525 g/mol. The van der Waals surface area contributed by atoms with Crippen LogP contribution >= 0.6 is 22.6 Å². The number of carbonyl (C=O) groups is 2. The summed E-state index contributed by atoms with van der Waals surface area (Å²) in [6, 6.07) is 10.3. The quantitative estimate of drug-likeness (QED) is 0.249. The highest BCUT2D eigenvalue weighted by atomic mass is 127. The molecule has 0 unspecified atom stereocenters. The number of anilines is 1. The van der Waals surface area contributed by atoms with Gasteiger partial charge in [-0.05, 0) is 78.4 Å². The molecule has 0 aliphatic rings. The molecule has 0 radical (unpaired) electrons. The fourth-order valence-electron chi connectivity index (χ4n) is 2.42. The topological polar surface area (TPSA) is 109 Å². The minimum Gasteiger partial charge on any atom is -0.504 e. The Morgan fingerprint density at radius 1 is 1.07 bits per heavy atom. The van der Waals surface area contributed by atoms with Gasteiger partial charge in [0.2, 0.25) is 11.8 Å². The number of nitrogens with zero attached hydrogens (tertiary/aromatic N) is 1. The van der Waals surface area contributed by atoms with Gasteiger partial charge in [0.25, 0.3) is 0 Å². The van der Waals surface area contributed by atoms with Crippen molar-refractivity contribution in [1.29, 1.82) is 0 Å². The number of ether oxygens (including phenoxy) is 2. The Morgan fingerprint density at radius 2 is 1.73 bits per heavy atom. The smallest absolute Gasteiger partial charge is 0.240 e. The van der Waals surface area contributed by atoms with Crippen molar-refractivity contribution >= 4 is 46.3 Å². The van der Waals surface area contributed by atoms with Crippen LogP contribution in [0.1, 0.15) is 32.3 Å². The van der Waals surface area contributed by atoms with Crippen LogP contribution in [0.2, 0.25) is 0 Å². The summed E-state index contributed by atoms with van der Waals surface area (Å²) in [6.45, 7) is 4.70. The van der Waals surface area contributed by atoms with Gasteiger partial charge in [-0.1, -0.05) is 0 Å². The van der Waals surface area contributed by atoms with E-state index in [9.17, 15) is 14.7 Å². The van der Waals surface area contributed by atoms with Crippen LogP contribution in [0.3, 0.4) is 0 Å². The number of carbonyl (C=O) groups excluding carboxylic acids is 2. The van der Waals surface area contributed by atoms with Gasteiger partial charge < -0.3 is 19.9 Å². The third kappa shape index (κ3) is 7.54. The number of aromatic hydroxyl groups is 1. The zero-order valence-corrected chi connectivity index (χ0v) is 18.9. The highest BCUT2D eigenvalue weighted by Gasteiger charge is 2.09. The van der Waals surface area contributed by atoms with Crippen molar-refractivity contribution in [2.45, 2.75) is 26.7 Å². The number of rotatable bonds is 10. The zero-order valence-electron chi connectivity index (χ0n) is 16.8. The second-order valence-corrected chi connectivity index (χ2v) is 7.24. The fraction of sp³-hybridized carbons (Fsp3) is 0.286. The Balaban J connectivity index is 1.79. The first-order chi connectivity index (χ1) is 14.4. The Bertz CT molecular complexity index is 900. The maximum atomic E-state index is 12.0. The molecule has 0 saturated heterocycles. The largest absolute Gasteiger partial charge is 0.504 e. The number of phenols is 1. The number of phenolic OH excluding ortho intramolecular Hbond substituents is 1. The number of halogens is 1. The van der Waals surface area contributed by atoms with E-state index in [-0.39, 0.29) is 30.4 Å². The summed E-state index contributed by atoms with van der Waals surface area (Å²) >= 11 is 1.99. The van der Waals surface area contributed by atoms with E-state index in [2.05, 4.69) is 15.8 Å². The maximum Gasteiger partial charge on any atom is 0.240 e. The lowest BCUT2D eigenvalue weighted by Gasteiger charge is -2.08. The highest BCUT2D eigenvalue weighted by Crippen LogP contribution is 2.32. The summed E-state index contributed by atoms with van der Waals surface area (Å²) in [7, 11) is 0. The van der Waals surface area contributed by atoms with E-state index >= 15 is 0 Å². The first-order valence-corrected chi connectivity index (χ1v) is 10.5. The van der Waals surface area contributed by atoms with Gasteiger partial charge in [-0.25, -0.2) is 5.43 Å². The summed E-state index contributed by atoms with van der Waals surface area (Å²) in [6.07, 6.45) is 1.47. The fourth-order valence-corrected chi connectivity index (χ4v) is 3.05. The van der Waals surface area contributed by atoms with Crippen LogP contribution in [0.15, 0.2) is 41.5 Å². The van der Waals surface area contributed by atoms with Gasteiger partial charge >= 0.3 is 0 Å². The lowest BCUT2D eigenvalue weighted by molar-refractivity contribution is -0.124. The van der Waals surface area contributed by atoms with Crippen LogP contribution in [0.5, 0.6) is 17.2 Å². The molecule has 0 aliphatic carbocycles. The van der Waals surface area contributed by atoms with Crippen molar-refractivity contribution < 1.29 is 24.2 Å². The standard InChI is InChI=1S/C21H24IN3O5/c1-3-29-16-7-5-15(6-8-16)24-19(26)9-10-20(27)25-23-13-14-11-17(22)21(28)18(12-14)30-4-2/h5-8,11-13,28H,3-4,9-10H2,1-2H3,(H,24,26)(H,25,27). The number of hydrogen-bond acceptors (Lipinski definition) is 6. The van der Waals surface area contributed by atoms with Crippen molar-refractivity contribution in [1.82, 2.24) is 5.43 Å². The lowest BCUT2D eigenvalue weighted by atomic mass is 10.2. The van der Waals surface area contributed by atoms with Gasteiger partial charge in [-0.2, -0.15) is 5.10 Å². The molecule has 30 heavy (non-hydrogen) atoms. The molecule has 3 N–H and O–H groups in total. The summed E-state index contributed by atoms with van der Waals surface area (Å²) in [5.74, 6) is 0.490. The molecule has 2 aromatic rings. The van der Waals surface area contributed by atoms with Crippen LogP contribution in [0, 0.1) is 3.57 Å². The molecule has 2 amide bonds. The minimum atomic E-state index is -0.383. The third-order valence-corrected chi connectivity index (χ3v) is 4.60. The lowest BCUT2D eigenvalue weighted by Crippen LogP contribution is -2.20.